The van der Waals surface area contributed by atoms with E-state index in [4.69, 9.17) is 16.3 Å². The highest BCUT2D eigenvalue weighted by molar-refractivity contribution is 6.31. The van der Waals surface area contributed by atoms with Crippen molar-refractivity contribution in [2.45, 2.75) is 18.9 Å². The number of benzene rings is 2. The fourth-order valence-corrected chi connectivity index (χ4v) is 3.58. The molecule has 0 saturated carbocycles. The number of anilines is 1. The molecule has 1 fully saturated rings. The van der Waals surface area contributed by atoms with E-state index in [2.05, 4.69) is 0 Å². The van der Waals surface area contributed by atoms with Crippen molar-refractivity contribution in [1.29, 1.82) is 0 Å². The molecule has 5 heteroatoms. The number of rotatable bonds is 1. The summed E-state index contributed by atoms with van der Waals surface area (Å²) in [7, 11) is 1.68. The van der Waals surface area contributed by atoms with Crippen molar-refractivity contribution < 1.29 is 14.3 Å². The average molecular weight is 354 g/mol. The summed E-state index contributed by atoms with van der Waals surface area (Å²) in [4.78, 5) is 26.9. The van der Waals surface area contributed by atoms with Crippen LogP contribution < -0.4 is 4.90 Å². The smallest absolute Gasteiger partial charge is 0.276 e. The van der Waals surface area contributed by atoms with E-state index in [-0.39, 0.29) is 23.9 Å². The summed E-state index contributed by atoms with van der Waals surface area (Å²) in [6.45, 7) is 2.00. The minimum absolute atomic E-state index is 0.0127. The first-order chi connectivity index (χ1) is 11.9. The van der Waals surface area contributed by atoms with Gasteiger partial charge in [-0.3, -0.25) is 9.59 Å². The number of carbonyl (C=O) groups is 2. The van der Waals surface area contributed by atoms with Gasteiger partial charge in [0.2, 0.25) is 11.4 Å². The largest absolute Gasteiger partial charge is 0.468 e. The lowest BCUT2D eigenvalue weighted by molar-refractivity contribution is -0.135. The summed E-state index contributed by atoms with van der Waals surface area (Å²) < 4.78 is 5.98. The molecule has 4 rings (SSSR count). The van der Waals surface area contributed by atoms with Crippen LogP contribution in [-0.2, 0) is 19.9 Å². The van der Waals surface area contributed by atoms with Gasteiger partial charge in [-0.1, -0.05) is 41.4 Å². The molecule has 1 unspecified atom stereocenters. The highest BCUT2D eigenvalue weighted by Crippen LogP contribution is 2.50. The van der Waals surface area contributed by atoms with Gasteiger partial charge in [-0.2, -0.15) is 0 Å². The van der Waals surface area contributed by atoms with Crippen LogP contribution in [0.25, 0.3) is 6.08 Å². The maximum absolute atomic E-state index is 12.9. The molecule has 1 atom stereocenters. The van der Waals surface area contributed by atoms with Gasteiger partial charge in [0, 0.05) is 17.6 Å². The SMILES string of the molecule is Cc1ccc(/C=C2\OC3(CC2=O)C(=O)N(C)c2ccc(Cl)cc23)cc1. The van der Waals surface area contributed by atoms with E-state index in [1.54, 1.807) is 31.3 Å². The first-order valence-corrected chi connectivity index (χ1v) is 8.37. The van der Waals surface area contributed by atoms with E-state index >= 15 is 0 Å². The number of hydrogen-bond donors (Lipinski definition) is 0. The molecule has 2 aromatic rings. The topological polar surface area (TPSA) is 46.6 Å². The quantitative estimate of drug-likeness (QED) is 0.731. The van der Waals surface area contributed by atoms with E-state index in [1.807, 2.05) is 31.2 Å². The van der Waals surface area contributed by atoms with E-state index in [9.17, 15) is 9.59 Å². The molecule has 25 heavy (non-hydrogen) atoms. The number of aryl methyl sites for hydroxylation is 1. The number of ketones is 1. The van der Waals surface area contributed by atoms with Crippen molar-refractivity contribution >= 4 is 35.1 Å². The zero-order valence-electron chi connectivity index (χ0n) is 13.9. The molecular weight excluding hydrogens is 338 g/mol. The summed E-state index contributed by atoms with van der Waals surface area (Å²) in [6, 6.07) is 13.0. The fourth-order valence-electron chi connectivity index (χ4n) is 3.41. The minimum atomic E-state index is -1.30. The van der Waals surface area contributed by atoms with E-state index in [0.29, 0.717) is 10.6 Å². The summed E-state index contributed by atoms with van der Waals surface area (Å²) in [5.41, 5.74) is 2.05. The number of Topliss-reactive ketones (excluding diaryl/α,β-unsaturated/α-hetero) is 1. The molecule has 2 aromatic carbocycles. The lowest BCUT2D eigenvalue weighted by atomic mass is 9.92. The lowest BCUT2D eigenvalue weighted by Crippen LogP contribution is -2.38. The Kier molecular flexibility index (Phi) is 3.48. The number of hydrogen-bond acceptors (Lipinski definition) is 3. The fraction of sp³-hybridized carbons (Fsp3) is 0.200. The summed E-state index contributed by atoms with van der Waals surface area (Å²) in [5, 5.41) is 0.508. The van der Waals surface area contributed by atoms with Gasteiger partial charge in [-0.25, -0.2) is 0 Å². The molecular formula is C20H16ClNO3. The molecule has 0 N–H and O–H groups in total. The highest BCUT2D eigenvalue weighted by Gasteiger charge is 2.58. The van der Waals surface area contributed by atoms with Gasteiger partial charge in [0.25, 0.3) is 5.91 Å². The zero-order valence-corrected chi connectivity index (χ0v) is 14.6. The average Bonchev–Trinajstić information content (AvgIpc) is 3.01. The standard InChI is InChI=1S/C20H16ClNO3/c1-12-3-5-13(6-4-12)9-18-17(23)11-20(25-18)15-10-14(21)7-8-16(15)22(2)19(20)24/h3-10H,11H2,1-2H3/b18-9-. The maximum Gasteiger partial charge on any atom is 0.276 e. The van der Waals surface area contributed by atoms with Gasteiger partial charge in [0.05, 0.1) is 12.1 Å². The first kappa shape index (κ1) is 15.9. The molecule has 1 saturated heterocycles. The minimum Gasteiger partial charge on any atom is -0.468 e. The Morgan fingerprint density at radius 1 is 1.16 bits per heavy atom. The van der Waals surface area contributed by atoms with Crippen LogP contribution in [0.5, 0.6) is 0 Å². The third kappa shape index (κ3) is 2.36. The monoisotopic (exact) mass is 353 g/mol. The Morgan fingerprint density at radius 2 is 1.88 bits per heavy atom. The van der Waals surface area contributed by atoms with Crippen LogP contribution in [0.2, 0.25) is 5.02 Å². The van der Waals surface area contributed by atoms with E-state index in [0.717, 1.165) is 16.8 Å². The van der Waals surface area contributed by atoms with Crippen molar-refractivity contribution in [3.05, 3.63) is 69.9 Å². The summed E-state index contributed by atoms with van der Waals surface area (Å²) in [6.07, 6.45) is 1.67. The number of nitrogens with zero attached hydrogens (tertiary/aromatic N) is 1. The van der Waals surface area contributed by atoms with Crippen LogP contribution in [0, 0.1) is 6.92 Å². The number of allylic oxidation sites excluding steroid dienone is 1. The lowest BCUT2D eigenvalue weighted by Gasteiger charge is -2.21. The first-order valence-electron chi connectivity index (χ1n) is 7.99. The molecule has 0 aliphatic carbocycles. The Bertz CT molecular complexity index is 932. The van der Waals surface area contributed by atoms with Crippen molar-refractivity contribution in [2.75, 3.05) is 11.9 Å². The molecule has 2 heterocycles. The molecule has 2 aliphatic rings. The van der Waals surface area contributed by atoms with Gasteiger partial charge < -0.3 is 9.64 Å². The van der Waals surface area contributed by atoms with Crippen molar-refractivity contribution in [2.24, 2.45) is 0 Å². The van der Waals surface area contributed by atoms with Crippen LogP contribution in [0.1, 0.15) is 23.1 Å². The normalized spacial score (nSPS) is 23.5. The van der Waals surface area contributed by atoms with Crippen LogP contribution in [0.4, 0.5) is 5.69 Å². The molecule has 2 aliphatic heterocycles. The van der Waals surface area contributed by atoms with Crippen molar-refractivity contribution in [1.82, 2.24) is 0 Å². The number of fused-ring (bicyclic) bond motifs is 2. The summed E-state index contributed by atoms with van der Waals surface area (Å²) >= 11 is 6.11. The van der Waals surface area contributed by atoms with Crippen molar-refractivity contribution in [3.8, 4) is 0 Å². The van der Waals surface area contributed by atoms with Gasteiger partial charge in [0.1, 0.15) is 0 Å². The van der Waals surface area contributed by atoms with Crippen LogP contribution in [-0.4, -0.2) is 18.7 Å². The number of likely N-dealkylation sites (N-methyl/N-ethyl adjacent to an activating group) is 1. The highest BCUT2D eigenvalue weighted by atomic mass is 35.5. The predicted molar refractivity (Wildman–Crippen MR) is 96.4 cm³/mol. The van der Waals surface area contributed by atoms with E-state index in [1.165, 1.54) is 4.90 Å². The van der Waals surface area contributed by atoms with Gasteiger partial charge in [-0.05, 0) is 36.8 Å². The van der Waals surface area contributed by atoms with E-state index < -0.39 is 5.60 Å². The summed E-state index contributed by atoms with van der Waals surface area (Å²) in [5.74, 6) is -0.223. The zero-order chi connectivity index (χ0) is 17.8. The second kappa shape index (κ2) is 5.46. The maximum atomic E-state index is 12.9. The number of ether oxygens (including phenoxy) is 1. The van der Waals surface area contributed by atoms with Crippen LogP contribution in [0.3, 0.4) is 0 Å². The second-order valence-electron chi connectivity index (χ2n) is 6.47. The van der Waals surface area contributed by atoms with Crippen LogP contribution >= 0.6 is 11.6 Å². The predicted octanol–water partition coefficient (Wildman–Crippen LogP) is 3.85. The Hall–Kier alpha value is -2.59. The van der Waals surface area contributed by atoms with Gasteiger partial charge >= 0.3 is 0 Å². The molecule has 0 aromatic heterocycles. The molecule has 126 valence electrons. The Labute approximate surface area is 150 Å². The third-order valence-electron chi connectivity index (χ3n) is 4.75. The molecule has 0 bridgehead atoms. The molecule has 4 nitrogen and oxygen atoms in total. The van der Waals surface area contributed by atoms with Gasteiger partial charge in [-0.15, -0.1) is 0 Å². The van der Waals surface area contributed by atoms with Gasteiger partial charge in [0.15, 0.2) is 5.76 Å². The Morgan fingerprint density at radius 3 is 2.60 bits per heavy atom. The van der Waals surface area contributed by atoms with Crippen LogP contribution in [0.15, 0.2) is 48.2 Å². The molecule has 0 radical (unpaired) electrons. The number of amides is 1. The Balaban J connectivity index is 1.78. The molecule has 1 amide bonds. The van der Waals surface area contributed by atoms with Crippen molar-refractivity contribution in [3.63, 3.8) is 0 Å². The third-order valence-corrected chi connectivity index (χ3v) is 4.98. The number of carbonyl (C=O) groups excluding carboxylic acids is 2. The molecule has 1 spiro atoms. The number of halogens is 1. The second-order valence-corrected chi connectivity index (χ2v) is 6.91.